The van der Waals surface area contributed by atoms with Crippen molar-refractivity contribution in [2.75, 3.05) is 6.61 Å². The van der Waals surface area contributed by atoms with Gasteiger partial charge in [0.25, 0.3) is 17.5 Å². The van der Waals surface area contributed by atoms with Gasteiger partial charge in [0.15, 0.2) is 11.7 Å². The number of benzene rings is 2. The SMILES string of the molecule is O=C(COc1ccc(Cl)cc1)NC(=S)NNC(=O)c1ccc([N+](=O)[O-])cc1. The van der Waals surface area contributed by atoms with Gasteiger partial charge in [-0.1, -0.05) is 11.6 Å². The smallest absolute Gasteiger partial charge is 0.269 e. The zero-order chi connectivity index (χ0) is 19.8. The third-order valence-electron chi connectivity index (χ3n) is 3.07. The summed E-state index contributed by atoms with van der Waals surface area (Å²) in [5.41, 5.74) is 4.65. The van der Waals surface area contributed by atoms with Crippen molar-refractivity contribution in [2.45, 2.75) is 0 Å². The molecule has 0 spiro atoms. The van der Waals surface area contributed by atoms with E-state index < -0.39 is 16.7 Å². The molecular weight excluding hydrogens is 396 g/mol. The van der Waals surface area contributed by atoms with Crippen LogP contribution in [-0.2, 0) is 4.79 Å². The number of carbonyl (C=O) groups is 2. The molecule has 0 aromatic heterocycles. The quantitative estimate of drug-likeness (QED) is 0.392. The number of nitrogens with one attached hydrogen (secondary N) is 3. The van der Waals surface area contributed by atoms with Crippen LogP contribution in [0.4, 0.5) is 5.69 Å². The van der Waals surface area contributed by atoms with Gasteiger partial charge < -0.3 is 4.74 Å². The van der Waals surface area contributed by atoms with Gasteiger partial charge in [0.2, 0.25) is 0 Å². The number of amides is 2. The summed E-state index contributed by atoms with van der Waals surface area (Å²) < 4.78 is 5.25. The van der Waals surface area contributed by atoms with Crippen LogP contribution in [0.15, 0.2) is 48.5 Å². The fraction of sp³-hybridized carbons (Fsp3) is 0.0625. The summed E-state index contributed by atoms with van der Waals surface area (Å²) in [5.74, 6) is -0.661. The topological polar surface area (TPSA) is 123 Å². The van der Waals surface area contributed by atoms with Crippen LogP contribution < -0.4 is 20.9 Å². The van der Waals surface area contributed by atoms with E-state index in [0.717, 1.165) is 0 Å². The number of rotatable bonds is 5. The second kappa shape index (κ2) is 9.46. The average Bonchev–Trinajstić information content (AvgIpc) is 2.65. The first-order valence-corrected chi connectivity index (χ1v) is 8.17. The summed E-state index contributed by atoms with van der Waals surface area (Å²) in [4.78, 5) is 33.7. The van der Waals surface area contributed by atoms with Gasteiger partial charge in [-0.2, -0.15) is 0 Å². The van der Waals surface area contributed by atoms with E-state index in [1.807, 2.05) is 0 Å². The number of non-ortho nitro benzene ring substituents is 1. The first-order valence-electron chi connectivity index (χ1n) is 7.38. The average molecular weight is 409 g/mol. The third-order valence-corrected chi connectivity index (χ3v) is 3.52. The van der Waals surface area contributed by atoms with Crippen molar-refractivity contribution in [3.63, 3.8) is 0 Å². The predicted octanol–water partition coefficient (Wildman–Crippen LogP) is 1.96. The molecule has 0 aliphatic carbocycles. The lowest BCUT2D eigenvalue weighted by Gasteiger charge is -2.11. The van der Waals surface area contributed by atoms with Gasteiger partial charge >= 0.3 is 0 Å². The number of nitrogens with zero attached hydrogens (tertiary/aromatic N) is 1. The molecule has 0 heterocycles. The number of hydrazine groups is 1. The highest BCUT2D eigenvalue weighted by atomic mass is 35.5. The van der Waals surface area contributed by atoms with Gasteiger partial charge in [-0.25, -0.2) is 0 Å². The Morgan fingerprint density at radius 3 is 2.30 bits per heavy atom. The highest BCUT2D eigenvalue weighted by molar-refractivity contribution is 7.80. The van der Waals surface area contributed by atoms with E-state index in [1.165, 1.54) is 24.3 Å². The second-order valence-electron chi connectivity index (χ2n) is 5.00. The van der Waals surface area contributed by atoms with Gasteiger partial charge in [-0.3, -0.25) is 35.9 Å². The molecule has 0 fully saturated rings. The predicted molar refractivity (Wildman–Crippen MR) is 101 cm³/mol. The first kappa shape index (κ1) is 20.1. The number of ether oxygens (including phenoxy) is 1. The van der Waals surface area contributed by atoms with Crippen LogP contribution in [0.2, 0.25) is 5.02 Å². The van der Waals surface area contributed by atoms with Crippen LogP contribution in [0.1, 0.15) is 10.4 Å². The van der Waals surface area contributed by atoms with Crippen molar-refractivity contribution in [2.24, 2.45) is 0 Å². The highest BCUT2D eigenvalue weighted by Gasteiger charge is 2.10. The molecule has 0 aliphatic rings. The van der Waals surface area contributed by atoms with Gasteiger partial charge in [0.05, 0.1) is 4.92 Å². The lowest BCUT2D eigenvalue weighted by molar-refractivity contribution is -0.384. The number of nitro benzene ring substituents is 1. The van der Waals surface area contributed by atoms with Gasteiger partial charge in [-0.15, -0.1) is 0 Å². The number of thiocarbonyl (C=S) groups is 1. The van der Waals surface area contributed by atoms with E-state index in [1.54, 1.807) is 24.3 Å². The van der Waals surface area contributed by atoms with Crippen molar-refractivity contribution in [1.29, 1.82) is 0 Å². The normalized spacial score (nSPS) is 9.81. The molecule has 2 aromatic carbocycles. The zero-order valence-electron chi connectivity index (χ0n) is 13.6. The van der Waals surface area contributed by atoms with Crippen LogP contribution >= 0.6 is 23.8 Å². The summed E-state index contributed by atoms with van der Waals surface area (Å²) in [6.45, 7) is -0.292. The molecule has 2 aromatic rings. The number of hydrogen-bond acceptors (Lipinski definition) is 6. The highest BCUT2D eigenvalue weighted by Crippen LogP contribution is 2.15. The number of carbonyl (C=O) groups excluding carboxylic acids is 2. The molecule has 140 valence electrons. The van der Waals surface area contributed by atoms with Crippen LogP contribution in [-0.4, -0.2) is 28.5 Å². The standard InChI is InChI=1S/C16H13ClN4O5S/c17-11-3-7-13(8-4-11)26-9-14(22)18-16(27)20-19-15(23)10-1-5-12(6-2-10)21(24)25/h1-8H,9H2,(H,19,23)(H2,18,20,22,27). The molecule has 0 bridgehead atoms. The summed E-state index contributed by atoms with van der Waals surface area (Å²) in [6, 6.07) is 11.4. The minimum absolute atomic E-state index is 0.136. The molecule has 2 rings (SSSR count). The molecule has 0 aliphatic heterocycles. The fourth-order valence-corrected chi connectivity index (χ4v) is 2.08. The van der Waals surface area contributed by atoms with Crippen molar-refractivity contribution in [3.05, 3.63) is 69.2 Å². The molecule has 0 radical (unpaired) electrons. The monoisotopic (exact) mass is 408 g/mol. The molecule has 9 nitrogen and oxygen atoms in total. The van der Waals surface area contributed by atoms with Crippen molar-refractivity contribution >= 4 is 46.4 Å². The van der Waals surface area contributed by atoms with E-state index in [-0.39, 0.29) is 23.0 Å². The van der Waals surface area contributed by atoms with Crippen molar-refractivity contribution in [3.8, 4) is 5.75 Å². The Bertz CT molecular complexity index is 858. The fourth-order valence-electron chi connectivity index (χ4n) is 1.79. The Balaban J connectivity index is 1.74. The molecule has 2 amide bonds. The first-order chi connectivity index (χ1) is 12.8. The largest absolute Gasteiger partial charge is 0.484 e. The van der Waals surface area contributed by atoms with E-state index in [4.69, 9.17) is 28.6 Å². The van der Waals surface area contributed by atoms with Gasteiger partial charge in [0.1, 0.15) is 5.75 Å². The van der Waals surface area contributed by atoms with Crippen LogP contribution in [0, 0.1) is 10.1 Å². The summed E-state index contributed by atoms with van der Waals surface area (Å²) in [6.07, 6.45) is 0. The Morgan fingerprint density at radius 2 is 1.70 bits per heavy atom. The number of halogens is 1. The minimum Gasteiger partial charge on any atom is -0.484 e. The molecule has 0 saturated carbocycles. The van der Waals surface area contributed by atoms with Gasteiger partial charge in [0, 0.05) is 22.7 Å². The Labute approximate surface area is 163 Å². The summed E-state index contributed by atoms with van der Waals surface area (Å²) in [7, 11) is 0. The molecular formula is C16H13ClN4O5S. The Kier molecular flexibility index (Phi) is 7.03. The molecule has 11 heteroatoms. The zero-order valence-corrected chi connectivity index (χ0v) is 15.2. The second-order valence-corrected chi connectivity index (χ2v) is 5.85. The summed E-state index contributed by atoms with van der Waals surface area (Å²) in [5, 5.41) is 13.3. The molecule has 0 atom stereocenters. The van der Waals surface area contributed by atoms with Crippen molar-refractivity contribution in [1.82, 2.24) is 16.2 Å². The van der Waals surface area contributed by atoms with E-state index in [2.05, 4.69) is 16.2 Å². The maximum absolute atomic E-state index is 11.9. The Hall–Kier alpha value is -3.24. The maximum Gasteiger partial charge on any atom is 0.269 e. The number of nitro groups is 1. The van der Waals surface area contributed by atoms with E-state index in [0.29, 0.717) is 10.8 Å². The van der Waals surface area contributed by atoms with Crippen LogP contribution in [0.25, 0.3) is 0 Å². The molecule has 3 N–H and O–H groups in total. The minimum atomic E-state index is -0.584. The molecule has 27 heavy (non-hydrogen) atoms. The van der Waals surface area contributed by atoms with E-state index in [9.17, 15) is 19.7 Å². The lowest BCUT2D eigenvalue weighted by Crippen LogP contribution is -2.49. The van der Waals surface area contributed by atoms with Crippen LogP contribution in [0.3, 0.4) is 0 Å². The maximum atomic E-state index is 11.9. The van der Waals surface area contributed by atoms with Gasteiger partial charge in [-0.05, 0) is 48.6 Å². The Morgan fingerprint density at radius 1 is 1.07 bits per heavy atom. The molecule has 0 unspecified atom stereocenters. The summed E-state index contributed by atoms with van der Waals surface area (Å²) >= 11 is 10.6. The lowest BCUT2D eigenvalue weighted by atomic mass is 10.2. The molecule has 0 saturated heterocycles. The van der Waals surface area contributed by atoms with Crippen molar-refractivity contribution < 1.29 is 19.2 Å². The van der Waals surface area contributed by atoms with E-state index >= 15 is 0 Å². The number of hydrogen-bond donors (Lipinski definition) is 3. The third kappa shape index (κ3) is 6.53. The van der Waals surface area contributed by atoms with Crippen LogP contribution in [0.5, 0.6) is 5.75 Å².